The van der Waals surface area contributed by atoms with Crippen LogP contribution in [0.1, 0.15) is 22.5 Å². The highest BCUT2D eigenvalue weighted by atomic mass is 32.1. The van der Waals surface area contributed by atoms with Gasteiger partial charge in [-0.25, -0.2) is 4.39 Å². The Kier molecular flexibility index (Phi) is 5.98. The number of nitrogens with zero attached hydrogens (tertiary/aromatic N) is 3. The third-order valence-corrected chi connectivity index (χ3v) is 6.27. The molecule has 0 atom stereocenters. The summed E-state index contributed by atoms with van der Waals surface area (Å²) in [4.78, 5) is 42.3. The van der Waals surface area contributed by atoms with E-state index < -0.39 is 5.82 Å². The lowest BCUT2D eigenvalue weighted by atomic mass is 10.2. The van der Waals surface area contributed by atoms with E-state index in [0.29, 0.717) is 49.7 Å². The third-order valence-electron chi connectivity index (χ3n) is 5.41. The van der Waals surface area contributed by atoms with Crippen LogP contribution in [-0.2, 0) is 9.59 Å². The summed E-state index contributed by atoms with van der Waals surface area (Å²) in [7, 11) is 0. The van der Waals surface area contributed by atoms with Gasteiger partial charge < -0.3 is 20.0 Å². The Morgan fingerprint density at radius 1 is 1.07 bits per heavy atom. The van der Waals surface area contributed by atoms with Crippen LogP contribution < -0.4 is 10.2 Å². The van der Waals surface area contributed by atoms with Crippen LogP contribution in [0.15, 0.2) is 35.7 Å². The summed E-state index contributed by atoms with van der Waals surface area (Å²) in [5.41, 5.74) is 0.767. The average Bonchev–Trinajstić information content (AvgIpc) is 3.44. The number of amides is 3. The van der Waals surface area contributed by atoms with Crippen LogP contribution >= 0.6 is 11.3 Å². The minimum absolute atomic E-state index is 0.00210. The van der Waals surface area contributed by atoms with Gasteiger partial charge in [0.25, 0.3) is 5.91 Å². The van der Waals surface area contributed by atoms with E-state index in [-0.39, 0.29) is 30.0 Å². The first-order valence-electron chi connectivity index (χ1n) is 9.97. The van der Waals surface area contributed by atoms with Crippen LogP contribution in [0.5, 0.6) is 0 Å². The quantitative estimate of drug-likeness (QED) is 0.791. The number of benzene rings is 1. The molecule has 2 saturated heterocycles. The molecule has 2 aromatic rings. The van der Waals surface area contributed by atoms with Crippen LogP contribution in [-0.4, -0.2) is 66.8 Å². The highest BCUT2D eigenvalue weighted by Gasteiger charge is 2.26. The summed E-state index contributed by atoms with van der Waals surface area (Å²) in [5, 5.41) is 4.83. The summed E-state index contributed by atoms with van der Waals surface area (Å²) in [6.45, 7) is 2.51. The molecular formula is C21H23FN4O3S. The smallest absolute Gasteiger partial charge is 0.264 e. The number of rotatable bonds is 5. The van der Waals surface area contributed by atoms with Crippen molar-refractivity contribution in [2.24, 2.45) is 0 Å². The van der Waals surface area contributed by atoms with E-state index >= 15 is 0 Å². The molecule has 0 radical (unpaired) electrons. The molecule has 2 fully saturated rings. The molecule has 2 aliphatic rings. The number of nitrogens with one attached hydrogen (secondary N) is 1. The third kappa shape index (κ3) is 4.30. The Morgan fingerprint density at radius 2 is 1.83 bits per heavy atom. The maximum Gasteiger partial charge on any atom is 0.264 e. The van der Waals surface area contributed by atoms with Gasteiger partial charge in [-0.05, 0) is 36.1 Å². The van der Waals surface area contributed by atoms with Gasteiger partial charge in [-0.2, -0.15) is 0 Å². The predicted octanol–water partition coefficient (Wildman–Crippen LogP) is 2.41. The fraction of sp³-hybridized carbons (Fsp3) is 0.381. The number of halogens is 1. The lowest BCUT2D eigenvalue weighted by Crippen LogP contribution is -2.51. The Balaban J connectivity index is 1.27. The van der Waals surface area contributed by atoms with E-state index in [1.807, 2.05) is 11.4 Å². The standard InChI is InChI=1S/C21H23FN4O3S/c22-16-13-15(5-6-17(16)26-7-1-4-19(26)27)23-14-20(28)24-8-10-25(11-9-24)21(29)18-3-2-12-30-18/h2-3,5-6,12-13,23H,1,4,7-11,14H2. The first kappa shape index (κ1) is 20.3. The van der Waals surface area contributed by atoms with Gasteiger partial charge >= 0.3 is 0 Å². The molecule has 158 valence electrons. The zero-order valence-corrected chi connectivity index (χ0v) is 17.3. The Bertz CT molecular complexity index is 942. The van der Waals surface area contributed by atoms with Crippen molar-refractivity contribution in [3.05, 3.63) is 46.4 Å². The molecular weight excluding hydrogens is 407 g/mol. The number of piperazine rings is 1. The second-order valence-electron chi connectivity index (χ2n) is 7.32. The van der Waals surface area contributed by atoms with Gasteiger partial charge in [0.2, 0.25) is 11.8 Å². The average molecular weight is 431 g/mol. The van der Waals surface area contributed by atoms with Gasteiger partial charge in [-0.1, -0.05) is 6.07 Å². The van der Waals surface area contributed by atoms with Crippen LogP contribution in [0.2, 0.25) is 0 Å². The van der Waals surface area contributed by atoms with Crippen LogP contribution in [0.4, 0.5) is 15.8 Å². The molecule has 0 bridgehead atoms. The van der Waals surface area contributed by atoms with Crippen molar-refractivity contribution in [2.75, 3.05) is 49.5 Å². The lowest BCUT2D eigenvalue weighted by molar-refractivity contribution is -0.130. The van der Waals surface area contributed by atoms with Crippen molar-refractivity contribution in [1.82, 2.24) is 9.80 Å². The second-order valence-corrected chi connectivity index (χ2v) is 8.27. The normalized spacial score (nSPS) is 16.8. The Labute approximate surface area is 178 Å². The highest BCUT2D eigenvalue weighted by Crippen LogP contribution is 2.26. The van der Waals surface area contributed by atoms with E-state index in [2.05, 4.69) is 5.32 Å². The number of thiophene rings is 1. The minimum Gasteiger partial charge on any atom is -0.376 e. The van der Waals surface area contributed by atoms with Gasteiger partial charge in [-0.3, -0.25) is 14.4 Å². The van der Waals surface area contributed by atoms with Crippen LogP contribution in [0, 0.1) is 5.82 Å². The topological polar surface area (TPSA) is 73.0 Å². The van der Waals surface area contributed by atoms with Gasteiger partial charge in [0.15, 0.2) is 0 Å². The van der Waals surface area contributed by atoms with Gasteiger partial charge in [0, 0.05) is 44.8 Å². The number of hydrogen-bond donors (Lipinski definition) is 1. The van der Waals surface area contributed by atoms with Gasteiger partial charge in [-0.15, -0.1) is 11.3 Å². The zero-order chi connectivity index (χ0) is 21.1. The first-order valence-corrected chi connectivity index (χ1v) is 10.9. The van der Waals surface area contributed by atoms with Crippen molar-refractivity contribution in [1.29, 1.82) is 0 Å². The van der Waals surface area contributed by atoms with Crippen molar-refractivity contribution in [2.45, 2.75) is 12.8 Å². The van der Waals surface area contributed by atoms with Crippen molar-refractivity contribution in [3.8, 4) is 0 Å². The minimum atomic E-state index is -0.483. The summed E-state index contributed by atoms with van der Waals surface area (Å²) in [5.74, 6) is -0.649. The molecule has 1 aromatic heterocycles. The SMILES string of the molecule is O=C(CNc1ccc(N2CCCC2=O)c(F)c1)N1CCN(C(=O)c2cccs2)CC1. The van der Waals surface area contributed by atoms with Gasteiger partial charge in [0.1, 0.15) is 5.82 Å². The molecule has 30 heavy (non-hydrogen) atoms. The number of carbonyl (C=O) groups is 3. The number of carbonyl (C=O) groups excluding carboxylic acids is 3. The van der Waals surface area contributed by atoms with Crippen LogP contribution in [0.25, 0.3) is 0 Å². The number of hydrogen-bond acceptors (Lipinski definition) is 5. The molecule has 1 aromatic carbocycles. The molecule has 3 amide bonds. The van der Waals surface area contributed by atoms with Crippen molar-refractivity contribution < 1.29 is 18.8 Å². The molecule has 2 aliphatic heterocycles. The largest absolute Gasteiger partial charge is 0.376 e. The molecule has 4 rings (SSSR count). The Hall–Kier alpha value is -2.94. The van der Waals surface area contributed by atoms with E-state index in [9.17, 15) is 18.8 Å². The molecule has 0 unspecified atom stereocenters. The zero-order valence-electron chi connectivity index (χ0n) is 16.5. The van der Waals surface area contributed by atoms with E-state index in [1.165, 1.54) is 22.3 Å². The molecule has 1 N–H and O–H groups in total. The van der Waals surface area contributed by atoms with E-state index in [0.717, 1.165) is 6.42 Å². The summed E-state index contributed by atoms with van der Waals surface area (Å²) >= 11 is 1.41. The maximum absolute atomic E-state index is 14.4. The summed E-state index contributed by atoms with van der Waals surface area (Å²) < 4.78 is 14.4. The van der Waals surface area contributed by atoms with Crippen molar-refractivity contribution >= 4 is 40.4 Å². The fourth-order valence-electron chi connectivity index (χ4n) is 3.74. The van der Waals surface area contributed by atoms with E-state index in [1.54, 1.807) is 28.0 Å². The summed E-state index contributed by atoms with van der Waals surface area (Å²) in [6.07, 6.45) is 1.18. The monoisotopic (exact) mass is 430 g/mol. The summed E-state index contributed by atoms with van der Waals surface area (Å²) in [6, 6.07) is 8.21. The highest BCUT2D eigenvalue weighted by molar-refractivity contribution is 7.12. The predicted molar refractivity (Wildman–Crippen MR) is 113 cm³/mol. The second kappa shape index (κ2) is 8.83. The molecule has 9 heteroatoms. The first-order chi connectivity index (χ1) is 14.5. The fourth-order valence-corrected chi connectivity index (χ4v) is 4.43. The number of anilines is 2. The molecule has 7 nitrogen and oxygen atoms in total. The molecule has 0 aliphatic carbocycles. The maximum atomic E-state index is 14.4. The lowest BCUT2D eigenvalue weighted by Gasteiger charge is -2.34. The molecule has 0 spiro atoms. The van der Waals surface area contributed by atoms with Gasteiger partial charge in [0.05, 0.1) is 17.1 Å². The van der Waals surface area contributed by atoms with Crippen molar-refractivity contribution in [3.63, 3.8) is 0 Å². The molecule has 0 saturated carbocycles. The van der Waals surface area contributed by atoms with E-state index in [4.69, 9.17) is 0 Å². The molecule has 3 heterocycles. The van der Waals surface area contributed by atoms with Crippen LogP contribution in [0.3, 0.4) is 0 Å². The Morgan fingerprint density at radius 3 is 2.47 bits per heavy atom.